The highest BCUT2D eigenvalue weighted by Crippen LogP contribution is 2.51. The fourth-order valence-electron chi connectivity index (χ4n) is 4.96. The molecule has 1 aliphatic heterocycles. The normalized spacial score (nSPS) is 27.5. The summed E-state index contributed by atoms with van der Waals surface area (Å²) >= 11 is 0. The molecule has 0 amide bonds. The van der Waals surface area contributed by atoms with Gasteiger partial charge < -0.3 is 29.4 Å². The second-order valence-corrected chi connectivity index (χ2v) is 8.40. The molecule has 5 atom stereocenters. The number of methoxy groups -OCH3 is 4. The van der Waals surface area contributed by atoms with Crippen LogP contribution in [0.15, 0.2) is 49.1 Å². The fraction of sp³-hybridized carbons (Fsp3) is 0.462. The number of rotatable bonds is 8. The van der Waals surface area contributed by atoms with Gasteiger partial charge in [-0.3, -0.25) is 0 Å². The first-order valence-corrected chi connectivity index (χ1v) is 10.9. The Balaban J connectivity index is 2.18. The van der Waals surface area contributed by atoms with E-state index in [4.69, 9.17) is 18.9 Å². The number of piperidine rings is 1. The molecule has 1 heterocycles. The average Bonchev–Trinajstić information content (AvgIpc) is 2.82. The van der Waals surface area contributed by atoms with Gasteiger partial charge in [0.15, 0.2) is 0 Å². The van der Waals surface area contributed by atoms with Crippen molar-refractivity contribution in [2.24, 2.45) is 11.8 Å². The first kappa shape index (κ1) is 24.0. The second-order valence-electron chi connectivity index (χ2n) is 8.40. The van der Waals surface area contributed by atoms with Crippen LogP contribution >= 0.6 is 0 Å². The summed E-state index contributed by atoms with van der Waals surface area (Å²) in [5.41, 5.74) is 0.853. The Hall–Kier alpha value is -2.70. The summed E-state index contributed by atoms with van der Waals surface area (Å²) in [7, 11) is 6.59. The van der Waals surface area contributed by atoms with Gasteiger partial charge in [-0.05, 0) is 42.8 Å². The molecule has 0 aromatic heterocycles. The highest BCUT2D eigenvalue weighted by Gasteiger charge is 2.51. The van der Waals surface area contributed by atoms with Gasteiger partial charge >= 0.3 is 0 Å². The molecule has 1 unspecified atom stereocenters. The molecule has 0 bridgehead atoms. The summed E-state index contributed by atoms with van der Waals surface area (Å²) in [4.78, 5) is 0. The van der Waals surface area contributed by atoms with Gasteiger partial charge in [-0.1, -0.05) is 19.9 Å². The number of aliphatic hydroxyl groups is 1. The van der Waals surface area contributed by atoms with Gasteiger partial charge in [0.2, 0.25) is 0 Å². The molecule has 1 fully saturated rings. The lowest BCUT2D eigenvalue weighted by atomic mass is 9.64. The molecule has 2 aromatic rings. The van der Waals surface area contributed by atoms with Crippen LogP contribution in [0.5, 0.6) is 23.0 Å². The zero-order chi connectivity index (χ0) is 23.5. The predicted molar refractivity (Wildman–Crippen MR) is 126 cm³/mol. The van der Waals surface area contributed by atoms with Crippen molar-refractivity contribution >= 4 is 0 Å². The number of hydrogen-bond donors (Lipinski definition) is 2. The summed E-state index contributed by atoms with van der Waals surface area (Å²) < 4.78 is 22.3. The van der Waals surface area contributed by atoms with Crippen LogP contribution in [0.25, 0.3) is 0 Å². The van der Waals surface area contributed by atoms with E-state index in [0.717, 1.165) is 34.1 Å². The van der Waals surface area contributed by atoms with E-state index in [1.54, 1.807) is 34.5 Å². The minimum atomic E-state index is -1.01. The Kier molecular flexibility index (Phi) is 7.36. The lowest BCUT2D eigenvalue weighted by molar-refractivity contribution is -0.108. The third kappa shape index (κ3) is 4.17. The van der Waals surface area contributed by atoms with Crippen LogP contribution in [0.1, 0.15) is 43.5 Å². The molecule has 1 saturated heterocycles. The Bertz CT molecular complexity index is 876. The summed E-state index contributed by atoms with van der Waals surface area (Å²) in [6, 6.07) is 11.1. The number of hydrogen-bond acceptors (Lipinski definition) is 6. The summed E-state index contributed by atoms with van der Waals surface area (Å²) in [6.45, 7) is 8.05. The molecule has 1 aliphatic rings. The van der Waals surface area contributed by atoms with Crippen LogP contribution in [0.4, 0.5) is 0 Å². The van der Waals surface area contributed by atoms with Crippen LogP contribution in [-0.4, -0.2) is 39.1 Å². The Morgan fingerprint density at radius 3 is 1.62 bits per heavy atom. The van der Waals surface area contributed by atoms with Crippen LogP contribution < -0.4 is 24.3 Å². The van der Waals surface area contributed by atoms with Crippen molar-refractivity contribution in [2.45, 2.75) is 38.0 Å². The molecular formula is C26H35NO5. The smallest absolute Gasteiger partial charge is 0.123 e. The van der Waals surface area contributed by atoms with Crippen molar-refractivity contribution in [3.8, 4) is 23.0 Å². The Morgan fingerprint density at radius 2 is 1.28 bits per heavy atom. The third-order valence-corrected chi connectivity index (χ3v) is 6.95. The molecule has 174 valence electrons. The van der Waals surface area contributed by atoms with Crippen molar-refractivity contribution in [3.63, 3.8) is 0 Å². The van der Waals surface area contributed by atoms with Crippen LogP contribution in [0.2, 0.25) is 0 Å². The maximum atomic E-state index is 12.0. The molecule has 0 saturated carbocycles. The lowest BCUT2D eigenvalue weighted by Crippen LogP contribution is -2.57. The molecule has 6 nitrogen and oxygen atoms in total. The van der Waals surface area contributed by atoms with Crippen LogP contribution in [0.3, 0.4) is 0 Å². The SMILES string of the molecule is C=CCC1(O)[C@H](C)[C@@H](c2cc(OC)ccc2OC)N[C@H](c2cc(OC)ccc2OC)[C@@H]1C. The first-order valence-electron chi connectivity index (χ1n) is 10.9. The van der Waals surface area contributed by atoms with Gasteiger partial charge in [0.1, 0.15) is 23.0 Å². The summed E-state index contributed by atoms with van der Waals surface area (Å²) in [5.74, 6) is 2.67. The van der Waals surface area contributed by atoms with E-state index >= 15 is 0 Å². The fourth-order valence-corrected chi connectivity index (χ4v) is 4.96. The van der Waals surface area contributed by atoms with Gasteiger partial charge in [0.05, 0.1) is 34.0 Å². The quantitative estimate of drug-likeness (QED) is 0.580. The van der Waals surface area contributed by atoms with Crippen molar-refractivity contribution in [1.29, 1.82) is 0 Å². The van der Waals surface area contributed by atoms with E-state index in [1.165, 1.54) is 0 Å². The van der Waals surface area contributed by atoms with Crippen molar-refractivity contribution < 1.29 is 24.1 Å². The lowest BCUT2D eigenvalue weighted by Gasteiger charge is -2.52. The highest BCUT2D eigenvalue weighted by molar-refractivity contribution is 5.46. The maximum absolute atomic E-state index is 12.0. The van der Waals surface area contributed by atoms with Gasteiger partial charge in [-0.2, -0.15) is 0 Å². The molecule has 32 heavy (non-hydrogen) atoms. The molecular weight excluding hydrogens is 406 g/mol. The van der Waals surface area contributed by atoms with E-state index < -0.39 is 5.60 Å². The van der Waals surface area contributed by atoms with Crippen LogP contribution in [-0.2, 0) is 0 Å². The standard InChI is InChI=1S/C26H35NO5/c1-8-13-26(28)16(2)24(20-14-18(29-4)9-11-22(20)31-6)27-25(17(26)3)21-15-19(30-5)10-12-23(21)32-7/h8-12,14-17,24-25,27-28H,1,13H2,2-7H3/t16-,17+,24-,25-,26?/m0/s1. The highest BCUT2D eigenvalue weighted by atomic mass is 16.5. The zero-order valence-corrected chi connectivity index (χ0v) is 19.8. The minimum Gasteiger partial charge on any atom is -0.497 e. The molecule has 2 N–H and O–H groups in total. The van der Waals surface area contributed by atoms with E-state index in [9.17, 15) is 5.11 Å². The Labute approximate surface area is 191 Å². The van der Waals surface area contributed by atoms with E-state index in [-0.39, 0.29) is 23.9 Å². The van der Waals surface area contributed by atoms with Gasteiger partial charge in [0.25, 0.3) is 0 Å². The Morgan fingerprint density at radius 1 is 0.844 bits per heavy atom. The summed E-state index contributed by atoms with van der Waals surface area (Å²) in [6.07, 6.45) is 2.25. The van der Waals surface area contributed by atoms with E-state index in [0.29, 0.717) is 6.42 Å². The van der Waals surface area contributed by atoms with Gasteiger partial charge in [-0.15, -0.1) is 6.58 Å². The van der Waals surface area contributed by atoms with E-state index in [2.05, 4.69) is 25.7 Å². The maximum Gasteiger partial charge on any atom is 0.123 e. The average molecular weight is 442 g/mol. The largest absolute Gasteiger partial charge is 0.497 e. The minimum absolute atomic E-state index is 0.135. The molecule has 0 radical (unpaired) electrons. The van der Waals surface area contributed by atoms with Gasteiger partial charge in [-0.25, -0.2) is 0 Å². The molecule has 0 aliphatic carbocycles. The monoisotopic (exact) mass is 441 g/mol. The molecule has 3 rings (SSSR count). The number of nitrogens with one attached hydrogen (secondary N) is 1. The van der Waals surface area contributed by atoms with Crippen molar-refractivity contribution in [1.82, 2.24) is 5.32 Å². The van der Waals surface area contributed by atoms with Crippen molar-refractivity contribution in [2.75, 3.05) is 28.4 Å². The van der Waals surface area contributed by atoms with E-state index in [1.807, 2.05) is 36.4 Å². The summed E-state index contributed by atoms with van der Waals surface area (Å²) in [5, 5.41) is 15.8. The third-order valence-electron chi connectivity index (χ3n) is 6.95. The zero-order valence-electron chi connectivity index (χ0n) is 19.8. The number of ether oxygens (including phenoxy) is 4. The first-order chi connectivity index (χ1) is 15.3. The molecule has 2 aromatic carbocycles. The topological polar surface area (TPSA) is 69.2 Å². The second kappa shape index (κ2) is 9.84. The van der Waals surface area contributed by atoms with Gasteiger partial charge in [0, 0.05) is 35.0 Å². The number of benzene rings is 2. The van der Waals surface area contributed by atoms with Crippen LogP contribution in [0, 0.1) is 11.8 Å². The molecule has 6 heteroatoms. The molecule has 0 spiro atoms. The van der Waals surface area contributed by atoms with Crippen molar-refractivity contribution in [3.05, 3.63) is 60.2 Å². The predicted octanol–water partition coefficient (Wildman–Crippen LogP) is 4.69.